The van der Waals surface area contributed by atoms with Crippen LogP contribution >= 0.6 is 0 Å². The molecule has 0 spiro atoms. The van der Waals surface area contributed by atoms with Gasteiger partial charge in [0.15, 0.2) is 0 Å². The lowest BCUT2D eigenvalue weighted by molar-refractivity contribution is -0.144. The maximum atomic E-state index is 12.8. The molecule has 1 saturated heterocycles. The van der Waals surface area contributed by atoms with Gasteiger partial charge >= 0.3 is 0 Å². The highest BCUT2D eigenvalue weighted by Gasteiger charge is 2.39. The van der Waals surface area contributed by atoms with Crippen molar-refractivity contribution >= 4 is 17.5 Å². The standard InChI is InChI=1S/C20H32N6O3/c21-14(8-4-10-25-20(23)24)17(27)18(28)16-9-5-11-26(16)19(29)15(22)12-13-6-2-1-3-7-13/h1-3,6-7,14-16,20,25H,4-5,8-12,21-24H2/t14-,15-,16-/m0/s1. The Bertz CT molecular complexity index is 697. The van der Waals surface area contributed by atoms with Gasteiger partial charge in [-0.15, -0.1) is 0 Å². The van der Waals surface area contributed by atoms with Crippen molar-refractivity contribution in [2.75, 3.05) is 13.1 Å². The minimum Gasteiger partial charge on any atom is -0.331 e. The summed E-state index contributed by atoms with van der Waals surface area (Å²) in [5.74, 6) is -1.57. The van der Waals surface area contributed by atoms with Crippen molar-refractivity contribution in [3.63, 3.8) is 0 Å². The molecular weight excluding hydrogens is 372 g/mol. The zero-order chi connectivity index (χ0) is 21.4. The van der Waals surface area contributed by atoms with Crippen LogP contribution in [0.5, 0.6) is 0 Å². The Morgan fingerprint density at radius 3 is 2.41 bits per heavy atom. The smallest absolute Gasteiger partial charge is 0.240 e. The van der Waals surface area contributed by atoms with Gasteiger partial charge in [-0.3, -0.25) is 19.7 Å². The molecule has 1 aliphatic rings. The number of ketones is 2. The predicted octanol–water partition coefficient (Wildman–Crippen LogP) is -1.42. The number of carbonyl (C=O) groups is 3. The molecule has 2 rings (SSSR count). The van der Waals surface area contributed by atoms with Crippen LogP contribution in [-0.4, -0.2) is 59.9 Å². The second-order valence-corrected chi connectivity index (χ2v) is 7.44. The quantitative estimate of drug-likeness (QED) is 0.170. The van der Waals surface area contributed by atoms with Crippen molar-refractivity contribution in [2.24, 2.45) is 22.9 Å². The second kappa shape index (κ2) is 11.1. The third-order valence-electron chi connectivity index (χ3n) is 5.11. The van der Waals surface area contributed by atoms with Crippen LogP contribution in [0.2, 0.25) is 0 Å². The summed E-state index contributed by atoms with van der Waals surface area (Å²) in [6.07, 6.45) is 1.73. The number of benzene rings is 1. The number of rotatable bonds is 11. The highest BCUT2D eigenvalue weighted by molar-refractivity contribution is 6.41. The van der Waals surface area contributed by atoms with Crippen LogP contribution in [-0.2, 0) is 20.8 Å². The summed E-state index contributed by atoms with van der Waals surface area (Å²) in [7, 11) is 0. The van der Waals surface area contributed by atoms with Gasteiger partial charge in [0, 0.05) is 6.54 Å². The normalized spacial score (nSPS) is 18.7. The summed E-state index contributed by atoms with van der Waals surface area (Å²) in [4.78, 5) is 39.4. The zero-order valence-corrected chi connectivity index (χ0v) is 16.6. The summed E-state index contributed by atoms with van der Waals surface area (Å²) in [6, 6.07) is 7.00. The summed E-state index contributed by atoms with van der Waals surface area (Å²) in [5, 5.41) is 2.82. The average molecular weight is 405 g/mol. The number of nitrogens with zero attached hydrogens (tertiary/aromatic N) is 1. The molecule has 0 saturated carbocycles. The molecule has 160 valence electrons. The Kier molecular flexibility index (Phi) is 8.87. The topological polar surface area (TPSA) is 171 Å². The predicted molar refractivity (Wildman–Crippen MR) is 110 cm³/mol. The van der Waals surface area contributed by atoms with Gasteiger partial charge in [-0.05, 0) is 44.2 Å². The van der Waals surface area contributed by atoms with Gasteiger partial charge in [0.25, 0.3) is 0 Å². The summed E-state index contributed by atoms with van der Waals surface area (Å²) in [6.45, 7) is 0.910. The van der Waals surface area contributed by atoms with E-state index in [0.717, 1.165) is 5.56 Å². The number of hydrogen-bond donors (Lipinski definition) is 5. The molecule has 9 heteroatoms. The maximum Gasteiger partial charge on any atom is 0.240 e. The minimum atomic E-state index is -0.908. The molecule has 1 amide bonds. The first-order valence-corrected chi connectivity index (χ1v) is 9.99. The van der Waals surface area contributed by atoms with Gasteiger partial charge < -0.3 is 27.8 Å². The van der Waals surface area contributed by atoms with Crippen LogP contribution in [0.25, 0.3) is 0 Å². The number of nitrogens with two attached hydrogens (primary N) is 4. The molecule has 3 atom stereocenters. The molecule has 0 unspecified atom stereocenters. The molecule has 0 aliphatic carbocycles. The summed E-state index contributed by atoms with van der Waals surface area (Å²) in [5.41, 5.74) is 23.7. The van der Waals surface area contributed by atoms with Crippen LogP contribution < -0.4 is 28.3 Å². The second-order valence-electron chi connectivity index (χ2n) is 7.44. The van der Waals surface area contributed by atoms with Gasteiger partial charge in [0.1, 0.15) is 6.29 Å². The molecule has 0 bridgehead atoms. The van der Waals surface area contributed by atoms with Crippen LogP contribution in [0.15, 0.2) is 30.3 Å². The highest BCUT2D eigenvalue weighted by Crippen LogP contribution is 2.20. The van der Waals surface area contributed by atoms with Crippen LogP contribution in [0.4, 0.5) is 0 Å². The van der Waals surface area contributed by atoms with Gasteiger partial charge in [0.2, 0.25) is 17.5 Å². The van der Waals surface area contributed by atoms with Crippen molar-refractivity contribution in [3.05, 3.63) is 35.9 Å². The van der Waals surface area contributed by atoms with E-state index in [0.29, 0.717) is 45.2 Å². The fourth-order valence-electron chi connectivity index (χ4n) is 3.54. The number of likely N-dealkylation sites (tertiary alicyclic amines) is 1. The van der Waals surface area contributed by atoms with Gasteiger partial charge in [0.05, 0.1) is 18.1 Å². The first-order chi connectivity index (χ1) is 13.8. The van der Waals surface area contributed by atoms with Crippen molar-refractivity contribution in [3.8, 4) is 0 Å². The first-order valence-electron chi connectivity index (χ1n) is 9.99. The average Bonchev–Trinajstić information content (AvgIpc) is 3.19. The Labute approximate surface area is 171 Å². The number of hydrogen-bond acceptors (Lipinski definition) is 8. The monoisotopic (exact) mass is 404 g/mol. The molecule has 29 heavy (non-hydrogen) atoms. The number of Topliss-reactive ketones (excluding diaryl/α,β-unsaturated/α-hetero) is 2. The number of carbonyl (C=O) groups excluding carboxylic acids is 3. The van der Waals surface area contributed by atoms with E-state index in [2.05, 4.69) is 5.32 Å². The van der Waals surface area contributed by atoms with Crippen molar-refractivity contribution in [1.29, 1.82) is 0 Å². The highest BCUT2D eigenvalue weighted by atomic mass is 16.2. The van der Waals surface area contributed by atoms with Crippen LogP contribution in [0.1, 0.15) is 31.2 Å². The van der Waals surface area contributed by atoms with E-state index in [1.807, 2.05) is 30.3 Å². The lowest BCUT2D eigenvalue weighted by Gasteiger charge is -2.27. The van der Waals surface area contributed by atoms with E-state index in [1.165, 1.54) is 4.90 Å². The van der Waals surface area contributed by atoms with Crippen molar-refractivity contribution in [2.45, 2.75) is 56.5 Å². The van der Waals surface area contributed by atoms with E-state index >= 15 is 0 Å². The Balaban J connectivity index is 1.91. The number of nitrogens with one attached hydrogen (secondary N) is 1. The summed E-state index contributed by atoms with van der Waals surface area (Å²) < 4.78 is 0. The molecular formula is C20H32N6O3. The Morgan fingerprint density at radius 2 is 1.76 bits per heavy atom. The van der Waals surface area contributed by atoms with Gasteiger partial charge in [-0.1, -0.05) is 30.3 Å². The van der Waals surface area contributed by atoms with Crippen LogP contribution in [0.3, 0.4) is 0 Å². The van der Waals surface area contributed by atoms with E-state index in [1.54, 1.807) is 0 Å². The SMILES string of the molecule is NC(N)NCCC[C@H](N)C(=O)C(=O)[C@@H]1CCCN1C(=O)[C@@H](N)Cc1ccccc1. The molecule has 9 N–H and O–H groups in total. The Hall–Kier alpha value is -2.17. The van der Waals surface area contributed by atoms with E-state index in [4.69, 9.17) is 22.9 Å². The van der Waals surface area contributed by atoms with Crippen molar-refractivity contribution < 1.29 is 14.4 Å². The van der Waals surface area contributed by atoms with E-state index < -0.39 is 36.0 Å². The molecule has 0 aromatic heterocycles. The molecule has 1 heterocycles. The zero-order valence-electron chi connectivity index (χ0n) is 16.6. The van der Waals surface area contributed by atoms with Gasteiger partial charge in [-0.2, -0.15) is 0 Å². The van der Waals surface area contributed by atoms with E-state index in [-0.39, 0.29) is 5.91 Å². The van der Waals surface area contributed by atoms with E-state index in [9.17, 15) is 14.4 Å². The summed E-state index contributed by atoms with van der Waals surface area (Å²) >= 11 is 0. The molecule has 1 fully saturated rings. The lowest BCUT2D eigenvalue weighted by Crippen LogP contribution is -2.52. The molecule has 1 aromatic rings. The third-order valence-corrected chi connectivity index (χ3v) is 5.11. The first kappa shape index (κ1) is 23.1. The molecule has 0 radical (unpaired) electrons. The largest absolute Gasteiger partial charge is 0.331 e. The Morgan fingerprint density at radius 1 is 1.07 bits per heavy atom. The maximum absolute atomic E-state index is 12.8. The van der Waals surface area contributed by atoms with Gasteiger partial charge in [-0.25, -0.2) is 0 Å². The van der Waals surface area contributed by atoms with Crippen LogP contribution in [0, 0.1) is 0 Å². The molecule has 9 nitrogen and oxygen atoms in total. The fourth-order valence-corrected chi connectivity index (χ4v) is 3.54. The fraction of sp³-hybridized carbons (Fsp3) is 0.550. The van der Waals surface area contributed by atoms with Crippen molar-refractivity contribution in [1.82, 2.24) is 10.2 Å². The lowest BCUT2D eigenvalue weighted by atomic mass is 9.98. The minimum absolute atomic E-state index is 0.313. The molecule has 1 aliphatic heterocycles. The number of amides is 1. The molecule has 1 aromatic carbocycles. The third kappa shape index (κ3) is 6.69.